The van der Waals surface area contributed by atoms with E-state index in [0.717, 1.165) is 18.7 Å². The highest BCUT2D eigenvalue weighted by Crippen LogP contribution is 2.29. The molecular formula is C24H25FN6O. The largest absolute Gasteiger partial charge is 0.467 e. The number of ether oxygens (including phenoxy) is 1. The van der Waals surface area contributed by atoms with E-state index in [1.165, 1.54) is 31.4 Å². The van der Waals surface area contributed by atoms with Gasteiger partial charge in [0, 0.05) is 18.3 Å². The third-order valence-corrected chi connectivity index (χ3v) is 6.08. The van der Waals surface area contributed by atoms with Crippen LogP contribution in [0, 0.1) is 12.7 Å². The van der Waals surface area contributed by atoms with E-state index in [1.807, 2.05) is 11.5 Å². The zero-order valence-electron chi connectivity index (χ0n) is 18.4. The van der Waals surface area contributed by atoms with Crippen molar-refractivity contribution in [2.75, 3.05) is 27.2 Å². The first-order valence-electron chi connectivity index (χ1n) is 10.7. The van der Waals surface area contributed by atoms with Crippen LogP contribution >= 0.6 is 0 Å². The Balaban J connectivity index is 1.57. The van der Waals surface area contributed by atoms with Gasteiger partial charge in [0.2, 0.25) is 0 Å². The van der Waals surface area contributed by atoms with Crippen molar-refractivity contribution in [2.24, 2.45) is 0 Å². The van der Waals surface area contributed by atoms with Crippen molar-refractivity contribution in [2.45, 2.75) is 25.8 Å². The van der Waals surface area contributed by atoms with Gasteiger partial charge in [-0.2, -0.15) is 9.97 Å². The molecule has 164 valence electrons. The van der Waals surface area contributed by atoms with Crippen molar-refractivity contribution >= 4 is 11.2 Å². The molecule has 4 aromatic rings. The Morgan fingerprint density at radius 1 is 1.12 bits per heavy atom. The molecule has 0 aliphatic carbocycles. The van der Waals surface area contributed by atoms with E-state index in [2.05, 4.69) is 51.2 Å². The Labute approximate surface area is 185 Å². The number of fused-ring (bicyclic) bond motifs is 1. The van der Waals surface area contributed by atoms with E-state index < -0.39 is 5.82 Å². The molecule has 1 fully saturated rings. The number of rotatable bonds is 5. The second-order valence-electron chi connectivity index (χ2n) is 8.37. The smallest absolute Gasteiger partial charge is 0.318 e. The average Bonchev–Trinajstić information content (AvgIpc) is 3.38. The van der Waals surface area contributed by atoms with Crippen LogP contribution in [-0.4, -0.2) is 56.6 Å². The zero-order valence-corrected chi connectivity index (χ0v) is 18.4. The number of likely N-dealkylation sites (N-methyl/N-ethyl adjacent to an activating group) is 1. The highest BCUT2D eigenvalue weighted by molar-refractivity contribution is 5.79. The molecule has 1 aromatic carbocycles. The van der Waals surface area contributed by atoms with Crippen LogP contribution in [0.4, 0.5) is 4.39 Å². The fraction of sp³-hybridized carbons (Fsp3) is 0.333. The van der Waals surface area contributed by atoms with Crippen molar-refractivity contribution in [3.05, 3.63) is 65.4 Å². The molecular weight excluding hydrogens is 407 g/mol. The number of benzene rings is 1. The minimum Gasteiger partial charge on any atom is -0.467 e. The first kappa shape index (κ1) is 20.5. The van der Waals surface area contributed by atoms with Crippen molar-refractivity contribution in [3.63, 3.8) is 0 Å². The third kappa shape index (κ3) is 3.82. The van der Waals surface area contributed by atoms with Gasteiger partial charge in [-0.25, -0.2) is 9.37 Å². The lowest BCUT2D eigenvalue weighted by atomic mass is 9.97. The van der Waals surface area contributed by atoms with Gasteiger partial charge < -0.3 is 14.2 Å². The SMILES string of the molecule is COc1nc(C)c2nc(-c3cncc(F)c3)n(Cc3ccc(C4CCN(C)C4)cc3)c2n1. The number of likely N-dealkylation sites (tertiary alicyclic amines) is 1. The Bertz CT molecular complexity index is 1270. The standard InChI is InChI=1S/C24H25FN6O/c1-15-21-23(29-24(27-15)32-3)31(22(28-21)19-10-20(25)12-26-11-19)13-16-4-6-17(7-5-16)18-8-9-30(2)14-18/h4-7,10-12,18H,8-9,13-14H2,1-3H3. The van der Waals surface area contributed by atoms with Crippen molar-refractivity contribution in [1.82, 2.24) is 29.4 Å². The first-order valence-corrected chi connectivity index (χ1v) is 10.7. The monoisotopic (exact) mass is 432 g/mol. The molecule has 32 heavy (non-hydrogen) atoms. The molecule has 8 heteroatoms. The summed E-state index contributed by atoms with van der Waals surface area (Å²) in [5.74, 6) is 0.767. The lowest BCUT2D eigenvalue weighted by molar-refractivity contribution is 0.380. The minimum absolute atomic E-state index is 0.278. The van der Waals surface area contributed by atoms with Crippen LogP contribution in [0.25, 0.3) is 22.6 Å². The second-order valence-corrected chi connectivity index (χ2v) is 8.37. The minimum atomic E-state index is -0.410. The third-order valence-electron chi connectivity index (χ3n) is 6.08. The number of hydrogen-bond acceptors (Lipinski definition) is 6. The van der Waals surface area contributed by atoms with E-state index >= 15 is 0 Å². The maximum atomic E-state index is 13.9. The first-order chi connectivity index (χ1) is 15.5. The molecule has 0 amide bonds. The quantitative estimate of drug-likeness (QED) is 0.478. The lowest BCUT2D eigenvalue weighted by Gasteiger charge is -2.13. The molecule has 4 heterocycles. The Kier molecular flexibility index (Phi) is 5.30. The molecule has 0 N–H and O–H groups in total. The summed E-state index contributed by atoms with van der Waals surface area (Å²) in [6, 6.07) is 10.4. The number of aromatic nitrogens is 5. The van der Waals surface area contributed by atoms with Crippen LogP contribution in [0.2, 0.25) is 0 Å². The molecule has 5 rings (SSSR count). The number of aryl methyl sites for hydroxylation is 1. The number of pyridine rings is 1. The fourth-order valence-electron chi connectivity index (χ4n) is 4.39. The number of hydrogen-bond donors (Lipinski definition) is 0. The molecule has 0 bridgehead atoms. The van der Waals surface area contributed by atoms with Gasteiger partial charge in [-0.15, -0.1) is 0 Å². The Morgan fingerprint density at radius 2 is 1.94 bits per heavy atom. The predicted molar refractivity (Wildman–Crippen MR) is 120 cm³/mol. The maximum Gasteiger partial charge on any atom is 0.318 e. The zero-order chi connectivity index (χ0) is 22.2. The van der Waals surface area contributed by atoms with Crippen molar-refractivity contribution < 1.29 is 9.13 Å². The van der Waals surface area contributed by atoms with Crippen LogP contribution in [0.3, 0.4) is 0 Å². The van der Waals surface area contributed by atoms with E-state index in [-0.39, 0.29) is 6.01 Å². The maximum absolute atomic E-state index is 13.9. The highest BCUT2D eigenvalue weighted by Gasteiger charge is 2.22. The average molecular weight is 433 g/mol. The number of halogens is 1. The van der Waals surface area contributed by atoms with Crippen LogP contribution in [-0.2, 0) is 6.54 Å². The number of imidazole rings is 1. The van der Waals surface area contributed by atoms with Crippen LogP contribution < -0.4 is 4.74 Å². The van der Waals surface area contributed by atoms with Crippen LogP contribution in [0.1, 0.15) is 29.2 Å². The Hall–Kier alpha value is -3.39. The molecule has 3 aromatic heterocycles. The van der Waals surface area contributed by atoms with E-state index in [1.54, 1.807) is 6.20 Å². The van der Waals surface area contributed by atoms with E-state index in [9.17, 15) is 4.39 Å². The summed E-state index contributed by atoms with van der Waals surface area (Å²) in [7, 11) is 3.71. The summed E-state index contributed by atoms with van der Waals surface area (Å²) >= 11 is 0. The van der Waals surface area contributed by atoms with Gasteiger partial charge in [0.25, 0.3) is 0 Å². The molecule has 0 radical (unpaired) electrons. The van der Waals surface area contributed by atoms with Gasteiger partial charge in [0.1, 0.15) is 17.2 Å². The van der Waals surface area contributed by atoms with Gasteiger partial charge in [0.05, 0.1) is 25.5 Å². The van der Waals surface area contributed by atoms with Gasteiger partial charge in [-0.1, -0.05) is 24.3 Å². The van der Waals surface area contributed by atoms with Gasteiger partial charge in [0.15, 0.2) is 5.65 Å². The number of nitrogens with zero attached hydrogens (tertiary/aromatic N) is 6. The van der Waals surface area contributed by atoms with Gasteiger partial charge in [-0.05, 0) is 50.0 Å². The van der Waals surface area contributed by atoms with Gasteiger partial charge >= 0.3 is 6.01 Å². The summed E-state index contributed by atoms with van der Waals surface area (Å²) < 4.78 is 21.2. The van der Waals surface area contributed by atoms with Crippen molar-refractivity contribution in [1.29, 1.82) is 0 Å². The molecule has 1 atom stereocenters. The fourth-order valence-corrected chi connectivity index (χ4v) is 4.39. The molecule has 1 aliphatic heterocycles. The van der Waals surface area contributed by atoms with Crippen LogP contribution in [0.15, 0.2) is 42.7 Å². The molecule has 1 unspecified atom stereocenters. The summed E-state index contributed by atoms with van der Waals surface area (Å²) in [5.41, 5.74) is 5.08. The van der Waals surface area contributed by atoms with E-state index in [0.29, 0.717) is 40.7 Å². The summed E-state index contributed by atoms with van der Waals surface area (Å²) in [6.07, 6.45) is 3.99. The molecule has 1 saturated heterocycles. The summed E-state index contributed by atoms with van der Waals surface area (Å²) in [4.78, 5) is 20.0. The van der Waals surface area contributed by atoms with Crippen molar-refractivity contribution in [3.8, 4) is 17.4 Å². The molecule has 7 nitrogen and oxygen atoms in total. The Morgan fingerprint density at radius 3 is 2.62 bits per heavy atom. The normalized spacial score (nSPS) is 16.7. The molecule has 0 spiro atoms. The molecule has 0 saturated carbocycles. The second kappa shape index (κ2) is 8.27. The lowest BCUT2D eigenvalue weighted by Crippen LogP contribution is -2.13. The topological polar surface area (TPSA) is 69.0 Å². The predicted octanol–water partition coefficient (Wildman–Crippen LogP) is 3.81. The highest BCUT2D eigenvalue weighted by atomic mass is 19.1. The number of methoxy groups -OCH3 is 1. The van der Waals surface area contributed by atoms with E-state index in [4.69, 9.17) is 9.72 Å². The van der Waals surface area contributed by atoms with Gasteiger partial charge in [-0.3, -0.25) is 4.98 Å². The van der Waals surface area contributed by atoms with Crippen LogP contribution in [0.5, 0.6) is 6.01 Å². The molecule has 1 aliphatic rings. The summed E-state index contributed by atoms with van der Waals surface area (Å²) in [5, 5.41) is 0. The summed E-state index contributed by atoms with van der Waals surface area (Å²) in [6.45, 7) is 4.63.